The Labute approximate surface area is 92.0 Å². The minimum absolute atomic E-state index is 0.182. The van der Waals surface area contributed by atoms with E-state index in [2.05, 4.69) is 0 Å². The van der Waals surface area contributed by atoms with Gasteiger partial charge in [0.25, 0.3) is 5.69 Å². The standard InChI is InChI=1S/C9H9NO5S/c1-16(14,15)6-9(11)7-4-2-3-5-8(7)10(12)13/h2-5H,6H2,1H3. The van der Waals surface area contributed by atoms with Gasteiger partial charge >= 0.3 is 0 Å². The van der Waals surface area contributed by atoms with E-state index in [0.717, 1.165) is 12.3 Å². The van der Waals surface area contributed by atoms with E-state index in [-0.39, 0.29) is 11.3 Å². The molecule has 0 N–H and O–H groups in total. The Morgan fingerprint density at radius 3 is 2.44 bits per heavy atom. The summed E-state index contributed by atoms with van der Waals surface area (Å²) in [6.07, 6.45) is 0.902. The van der Waals surface area contributed by atoms with Crippen LogP contribution in [0.25, 0.3) is 0 Å². The van der Waals surface area contributed by atoms with Crippen LogP contribution in [0.3, 0.4) is 0 Å². The maximum Gasteiger partial charge on any atom is 0.280 e. The highest BCUT2D eigenvalue weighted by atomic mass is 32.2. The third kappa shape index (κ3) is 3.13. The fraction of sp³-hybridized carbons (Fsp3) is 0.222. The second kappa shape index (κ2) is 4.40. The van der Waals surface area contributed by atoms with Gasteiger partial charge in [0.1, 0.15) is 5.75 Å². The summed E-state index contributed by atoms with van der Waals surface area (Å²) in [4.78, 5) is 21.4. The first kappa shape index (κ1) is 12.3. The summed E-state index contributed by atoms with van der Waals surface area (Å²) in [5.41, 5.74) is -0.561. The van der Waals surface area contributed by atoms with Crippen LogP contribution >= 0.6 is 0 Å². The minimum atomic E-state index is -3.49. The van der Waals surface area contributed by atoms with Gasteiger partial charge in [0, 0.05) is 12.3 Å². The maximum atomic E-state index is 11.5. The van der Waals surface area contributed by atoms with E-state index in [1.807, 2.05) is 0 Å². The number of nitro groups is 1. The summed E-state index contributed by atoms with van der Waals surface area (Å²) in [5.74, 6) is -1.49. The van der Waals surface area contributed by atoms with Crippen LogP contribution < -0.4 is 0 Å². The molecule has 86 valence electrons. The van der Waals surface area contributed by atoms with Crippen molar-refractivity contribution >= 4 is 21.3 Å². The second-order valence-corrected chi connectivity index (χ2v) is 5.41. The molecule has 0 unspecified atom stereocenters. The van der Waals surface area contributed by atoms with E-state index in [9.17, 15) is 23.3 Å². The van der Waals surface area contributed by atoms with Crippen LogP contribution in [0.15, 0.2) is 24.3 Å². The van der Waals surface area contributed by atoms with Crippen molar-refractivity contribution in [3.05, 3.63) is 39.9 Å². The number of benzene rings is 1. The molecule has 16 heavy (non-hydrogen) atoms. The molecular weight excluding hydrogens is 234 g/mol. The van der Waals surface area contributed by atoms with Crippen molar-refractivity contribution in [2.24, 2.45) is 0 Å². The third-order valence-electron chi connectivity index (χ3n) is 1.79. The lowest BCUT2D eigenvalue weighted by atomic mass is 10.1. The van der Waals surface area contributed by atoms with Crippen LogP contribution in [0.1, 0.15) is 10.4 Å². The first-order valence-electron chi connectivity index (χ1n) is 4.25. The molecule has 1 aromatic rings. The predicted molar refractivity (Wildman–Crippen MR) is 57.1 cm³/mol. The molecule has 0 saturated carbocycles. The van der Waals surface area contributed by atoms with Crippen LogP contribution in [0, 0.1) is 10.1 Å². The van der Waals surface area contributed by atoms with Crippen LogP contribution in [-0.4, -0.2) is 31.1 Å². The number of sulfone groups is 1. The van der Waals surface area contributed by atoms with Gasteiger partial charge in [-0.3, -0.25) is 14.9 Å². The number of hydrogen-bond donors (Lipinski definition) is 0. The zero-order valence-electron chi connectivity index (χ0n) is 8.41. The number of carbonyl (C=O) groups excluding carboxylic acids is 1. The van der Waals surface area contributed by atoms with Crippen molar-refractivity contribution < 1.29 is 18.1 Å². The fourth-order valence-electron chi connectivity index (χ4n) is 1.18. The lowest BCUT2D eigenvalue weighted by molar-refractivity contribution is -0.385. The molecule has 0 heterocycles. The molecule has 0 aliphatic heterocycles. The molecule has 0 saturated heterocycles. The number of ketones is 1. The summed E-state index contributed by atoms with van der Waals surface area (Å²) < 4.78 is 21.8. The Morgan fingerprint density at radius 2 is 1.94 bits per heavy atom. The molecule has 0 radical (unpaired) electrons. The van der Waals surface area contributed by atoms with E-state index >= 15 is 0 Å². The molecule has 6 nitrogen and oxygen atoms in total. The molecule has 0 aliphatic carbocycles. The van der Waals surface area contributed by atoms with Gasteiger partial charge in [-0.25, -0.2) is 8.42 Å². The molecule has 0 aliphatic rings. The average molecular weight is 243 g/mol. The number of nitro benzene ring substituents is 1. The molecule has 0 bridgehead atoms. The van der Waals surface area contributed by atoms with Gasteiger partial charge < -0.3 is 0 Å². The van der Waals surface area contributed by atoms with E-state index in [1.54, 1.807) is 0 Å². The molecule has 0 aromatic heterocycles. The van der Waals surface area contributed by atoms with Crippen molar-refractivity contribution in [2.75, 3.05) is 12.0 Å². The number of rotatable bonds is 4. The molecule has 0 amide bonds. The minimum Gasteiger partial charge on any atom is -0.293 e. The average Bonchev–Trinajstić information content (AvgIpc) is 2.15. The largest absolute Gasteiger partial charge is 0.293 e. The molecular formula is C9H9NO5S. The lowest BCUT2D eigenvalue weighted by Gasteiger charge is -2.00. The van der Waals surface area contributed by atoms with Crippen molar-refractivity contribution in [1.29, 1.82) is 0 Å². The number of nitrogens with zero attached hydrogens (tertiary/aromatic N) is 1. The zero-order chi connectivity index (χ0) is 12.3. The molecule has 0 atom stereocenters. The summed E-state index contributed by atoms with van der Waals surface area (Å²) in [5, 5.41) is 10.6. The van der Waals surface area contributed by atoms with Crippen LogP contribution in [-0.2, 0) is 9.84 Å². The quantitative estimate of drug-likeness (QED) is 0.443. The molecule has 1 rings (SSSR count). The maximum absolute atomic E-state index is 11.5. The highest BCUT2D eigenvalue weighted by Crippen LogP contribution is 2.18. The summed E-state index contributed by atoms with van der Waals surface area (Å²) in [7, 11) is -3.49. The molecule has 1 aromatic carbocycles. The Morgan fingerprint density at radius 1 is 1.38 bits per heavy atom. The monoisotopic (exact) mass is 243 g/mol. The molecule has 0 fully saturated rings. The third-order valence-corrected chi connectivity index (χ3v) is 2.58. The van der Waals surface area contributed by atoms with Gasteiger partial charge in [0.05, 0.1) is 10.5 Å². The zero-order valence-corrected chi connectivity index (χ0v) is 9.23. The van der Waals surface area contributed by atoms with Crippen LogP contribution in [0.2, 0.25) is 0 Å². The van der Waals surface area contributed by atoms with Crippen molar-refractivity contribution in [3.63, 3.8) is 0 Å². The first-order chi connectivity index (χ1) is 7.31. The van der Waals surface area contributed by atoms with Crippen LogP contribution in [0.5, 0.6) is 0 Å². The van der Waals surface area contributed by atoms with Gasteiger partial charge in [-0.2, -0.15) is 0 Å². The van der Waals surface area contributed by atoms with E-state index in [1.165, 1.54) is 18.2 Å². The number of Topliss-reactive ketones (excluding diaryl/α,β-unsaturated/α-hetero) is 1. The van der Waals surface area contributed by atoms with Crippen molar-refractivity contribution in [1.82, 2.24) is 0 Å². The topological polar surface area (TPSA) is 94.3 Å². The molecule has 7 heteroatoms. The van der Waals surface area contributed by atoms with Gasteiger partial charge in [-0.15, -0.1) is 0 Å². The summed E-state index contributed by atoms with van der Waals surface area (Å²) >= 11 is 0. The SMILES string of the molecule is CS(=O)(=O)CC(=O)c1ccccc1[N+](=O)[O-]. The van der Waals surface area contributed by atoms with Gasteiger partial charge in [0.2, 0.25) is 0 Å². The first-order valence-corrected chi connectivity index (χ1v) is 6.31. The predicted octanol–water partition coefficient (Wildman–Crippen LogP) is 0.822. The highest BCUT2D eigenvalue weighted by molar-refractivity contribution is 7.91. The van der Waals surface area contributed by atoms with Crippen LogP contribution in [0.4, 0.5) is 5.69 Å². The highest BCUT2D eigenvalue weighted by Gasteiger charge is 2.21. The number of para-hydroxylation sites is 1. The lowest BCUT2D eigenvalue weighted by Crippen LogP contribution is -2.15. The second-order valence-electron chi connectivity index (χ2n) is 3.27. The molecule has 0 spiro atoms. The van der Waals surface area contributed by atoms with Crippen molar-refractivity contribution in [2.45, 2.75) is 0 Å². The van der Waals surface area contributed by atoms with Crippen molar-refractivity contribution in [3.8, 4) is 0 Å². The van der Waals surface area contributed by atoms with E-state index in [0.29, 0.717) is 0 Å². The summed E-state index contributed by atoms with van der Waals surface area (Å²) in [6.45, 7) is 0. The van der Waals surface area contributed by atoms with E-state index in [4.69, 9.17) is 0 Å². The van der Waals surface area contributed by atoms with Gasteiger partial charge in [-0.1, -0.05) is 12.1 Å². The van der Waals surface area contributed by atoms with E-state index < -0.39 is 26.3 Å². The number of hydrogen-bond acceptors (Lipinski definition) is 5. The van der Waals surface area contributed by atoms with Gasteiger partial charge in [0.15, 0.2) is 15.6 Å². The Bertz CT molecular complexity index is 535. The van der Waals surface area contributed by atoms with Gasteiger partial charge in [-0.05, 0) is 6.07 Å². The Hall–Kier alpha value is -1.76. The Kier molecular flexibility index (Phi) is 3.38. The normalized spacial score (nSPS) is 11.1. The Balaban J connectivity index is 3.14. The number of carbonyl (C=O) groups is 1. The smallest absolute Gasteiger partial charge is 0.280 e. The fourth-order valence-corrected chi connectivity index (χ4v) is 1.82. The summed E-state index contributed by atoms with van der Waals surface area (Å²) in [6, 6.07) is 5.26.